The Labute approximate surface area is 284 Å². The van der Waals surface area contributed by atoms with E-state index in [1.807, 2.05) is 42.5 Å². The summed E-state index contributed by atoms with van der Waals surface area (Å²) in [6.07, 6.45) is 0. The zero-order valence-corrected chi connectivity index (χ0v) is 26.6. The van der Waals surface area contributed by atoms with Gasteiger partial charge in [-0.05, 0) is 46.5 Å². The maximum atomic E-state index is 5.08. The van der Waals surface area contributed by atoms with Crippen molar-refractivity contribution in [3.05, 3.63) is 182 Å². The number of fused-ring (bicyclic) bond motifs is 3. The maximum Gasteiger partial charge on any atom is 0.164 e. The van der Waals surface area contributed by atoms with E-state index in [-0.39, 0.29) is 0 Å². The van der Waals surface area contributed by atoms with Crippen LogP contribution >= 0.6 is 0 Å². The Hall–Kier alpha value is -6.65. The van der Waals surface area contributed by atoms with E-state index in [0.717, 1.165) is 39.0 Å². The highest BCUT2D eigenvalue weighted by Gasteiger charge is 2.17. The van der Waals surface area contributed by atoms with E-state index in [0.29, 0.717) is 17.5 Å². The fourth-order valence-corrected chi connectivity index (χ4v) is 6.61. The summed E-state index contributed by atoms with van der Waals surface area (Å²) in [5.74, 6) is 1.92. The molecule has 49 heavy (non-hydrogen) atoms. The Bertz CT molecular complexity index is 2560. The van der Waals surface area contributed by atoms with Gasteiger partial charge in [0.2, 0.25) is 0 Å². The molecular weight excluding hydrogens is 597 g/mol. The van der Waals surface area contributed by atoms with Crippen molar-refractivity contribution in [3.63, 3.8) is 0 Å². The minimum atomic E-state index is 0.633. The van der Waals surface area contributed by atoms with Crippen LogP contribution in [0.4, 0.5) is 0 Å². The number of para-hydroxylation sites is 1. The number of benzene rings is 7. The molecular formula is C45H30N4. The van der Waals surface area contributed by atoms with Gasteiger partial charge in [-0.1, -0.05) is 158 Å². The first kappa shape index (κ1) is 28.6. The number of aromatic nitrogens is 4. The van der Waals surface area contributed by atoms with E-state index in [1.165, 1.54) is 27.5 Å². The topological polar surface area (TPSA) is 43.6 Å². The molecule has 0 aliphatic rings. The molecule has 0 saturated heterocycles. The van der Waals surface area contributed by atoms with Gasteiger partial charge in [0.05, 0.1) is 11.0 Å². The lowest BCUT2D eigenvalue weighted by molar-refractivity contribution is 1.07. The summed E-state index contributed by atoms with van der Waals surface area (Å²) in [4.78, 5) is 15.1. The van der Waals surface area contributed by atoms with Gasteiger partial charge in [-0.3, -0.25) is 0 Å². The summed E-state index contributed by atoms with van der Waals surface area (Å²) in [7, 11) is 0. The molecule has 0 aliphatic heterocycles. The van der Waals surface area contributed by atoms with Crippen LogP contribution in [0.25, 0.3) is 83.9 Å². The zero-order valence-electron chi connectivity index (χ0n) is 26.6. The van der Waals surface area contributed by atoms with Crippen LogP contribution in [-0.2, 0) is 0 Å². The molecule has 0 saturated carbocycles. The van der Waals surface area contributed by atoms with Gasteiger partial charge in [0.15, 0.2) is 17.5 Å². The van der Waals surface area contributed by atoms with Crippen LogP contribution in [0.3, 0.4) is 0 Å². The summed E-state index contributed by atoms with van der Waals surface area (Å²) < 4.78 is 2.34. The van der Waals surface area contributed by atoms with Crippen molar-refractivity contribution in [3.8, 4) is 62.1 Å². The van der Waals surface area contributed by atoms with Crippen molar-refractivity contribution >= 4 is 21.8 Å². The Kier molecular flexibility index (Phi) is 7.10. The first-order valence-electron chi connectivity index (χ1n) is 16.5. The van der Waals surface area contributed by atoms with Crippen molar-refractivity contribution < 1.29 is 0 Å². The molecule has 0 amide bonds. The lowest BCUT2D eigenvalue weighted by Gasteiger charge is -2.11. The molecule has 0 N–H and O–H groups in total. The van der Waals surface area contributed by atoms with Crippen LogP contribution in [0.2, 0.25) is 0 Å². The van der Waals surface area contributed by atoms with Crippen LogP contribution in [0.5, 0.6) is 0 Å². The highest BCUT2D eigenvalue weighted by Crippen LogP contribution is 2.35. The summed E-state index contributed by atoms with van der Waals surface area (Å²) >= 11 is 0. The lowest BCUT2D eigenvalue weighted by atomic mass is 10.0. The van der Waals surface area contributed by atoms with Gasteiger partial charge in [-0.25, -0.2) is 15.0 Å². The van der Waals surface area contributed by atoms with E-state index in [2.05, 4.69) is 144 Å². The Morgan fingerprint density at radius 3 is 1.27 bits per heavy atom. The van der Waals surface area contributed by atoms with E-state index in [1.54, 1.807) is 0 Å². The van der Waals surface area contributed by atoms with Crippen LogP contribution in [0.15, 0.2) is 182 Å². The molecule has 4 heteroatoms. The summed E-state index contributed by atoms with van der Waals surface area (Å²) in [6, 6.07) is 63.4. The highest BCUT2D eigenvalue weighted by molar-refractivity contribution is 6.10. The molecule has 0 radical (unpaired) electrons. The minimum absolute atomic E-state index is 0.633. The van der Waals surface area contributed by atoms with Crippen LogP contribution in [0, 0.1) is 0 Å². The number of hydrogen-bond donors (Lipinski definition) is 0. The van der Waals surface area contributed by atoms with Gasteiger partial charge in [0.25, 0.3) is 0 Å². The van der Waals surface area contributed by atoms with Gasteiger partial charge < -0.3 is 4.57 Å². The number of hydrogen-bond acceptors (Lipinski definition) is 3. The normalized spacial score (nSPS) is 11.3. The fraction of sp³-hybridized carbons (Fsp3) is 0. The molecule has 0 fully saturated rings. The van der Waals surface area contributed by atoms with E-state index in [9.17, 15) is 0 Å². The third kappa shape index (κ3) is 5.35. The molecule has 9 aromatic rings. The largest absolute Gasteiger partial charge is 0.309 e. The van der Waals surface area contributed by atoms with Gasteiger partial charge in [-0.15, -0.1) is 0 Å². The Morgan fingerprint density at radius 2 is 0.673 bits per heavy atom. The zero-order chi connectivity index (χ0) is 32.6. The second-order valence-corrected chi connectivity index (χ2v) is 12.1. The molecule has 0 spiro atoms. The average Bonchev–Trinajstić information content (AvgIpc) is 3.52. The first-order chi connectivity index (χ1) is 24.3. The molecule has 4 nitrogen and oxygen atoms in total. The van der Waals surface area contributed by atoms with Gasteiger partial charge >= 0.3 is 0 Å². The van der Waals surface area contributed by atoms with E-state index < -0.39 is 0 Å². The third-order valence-electron chi connectivity index (χ3n) is 9.08. The van der Waals surface area contributed by atoms with Crippen molar-refractivity contribution in [2.45, 2.75) is 0 Å². The number of nitrogens with zero attached hydrogens (tertiary/aromatic N) is 4. The SMILES string of the molecule is c1ccc(-c2ccc(-c3nc(-c4ccccc4)nc(-c4ccc5c6ccccc6n(-c6ccc(-c7ccccc7)cc6)c5c4)n3)cc2)cc1. The molecule has 0 aliphatic carbocycles. The molecule has 7 aromatic carbocycles. The smallest absolute Gasteiger partial charge is 0.164 e. The third-order valence-corrected chi connectivity index (χ3v) is 9.08. The molecule has 0 unspecified atom stereocenters. The fourth-order valence-electron chi connectivity index (χ4n) is 6.61. The molecule has 230 valence electrons. The van der Waals surface area contributed by atoms with Gasteiger partial charge in [-0.2, -0.15) is 0 Å². The van der Waals surface area contributed by atoms with Crippen LogP contribution in [-0.4, -0.2) is 19.5 Å². The summed E-state index contributed by atoms with van der Waals surface area (Å²) in [5.41, 5.74) is 10.9. The predicted molar refractivity (Wildman–Crippen MR) is 201 cm³/mol. The van der Waals surface area contributed by atoms with Gasteiger partial charge in [0.1, 0.15) is 0 Å². The molecule has 2 aromatic heterocycles. The van der Waals surface area contributed by atoms with Crippen molar-refractivity contribution in [1.29, 1.82) is 0 Å². The molecule has 0 atom stereocenters. The Morgan fingerprint density at radius 1 is 0.286 bits per heavy atom. The van der Waals surface area contributed by atoms with Crippen LogP contribution < -0.4 is 0 Å². The second kappa shape index (κ2) is 12.2. The lowest BCUT2D eigenvalue weighted by Crippen LogP contribution is -2.00. The standard InChI is InChI=1S/C45H30N4/c1-4-12-31(13-5-1)33-20-22-36(23-21-33)44-46-43(35-16-8-3-9-17-35)47-45(48-44)37-26-29-40-39-18-10-11-19-41(39)49(42(40)30-37)38-27-24-34(25-28-38)32-14-6-2-7-15-32/h1-30H. The highest BCUT2D eigenvalue weighted by atomic mass is 15.0. The minimum Gasteiger partial charge on any atom is -0.309 e. The van der Waals surface area contributed by atoms with Crippen molar-refractivity contribution in [1.82, 2.24) is 19.5 Å². The van der Waals surface area contributed by atoms with E-state index in [4.69, 9.17) is 15.0 Å². The molecule has 9 rings (SSSR count). The van der Waals surface area contributed by atoms with Crippen LogP contribution in [0.1, 0.15) is 0 Å². The predicted octanol–water partition coefficient (Wildman–Crippen LogP) is 11.3. The van der Waals surface area contributed by atoms with Crippen molar-refractivity contribution in [2.75, 3.05) is 0 Å². The van der Waals surface area contributed by atoms with Gasteiger partial charge in [0, 0.05) is 33.2 Å². The molecule has 0 bridgehead atoms. The number of rotatable bonds is 6. The van der Waals surface area contributed by atoms with Crippen molar-refractivity contribution in [2.24, 2.45) is 0 Å². The molecule has 2 heterocycles. The summed E-state index contributed by atoms with van der Waals surface area (Å²) in [6.45, 7) is 0. The second-order valence-electron chi connectivity index (χ2n) is 12.1. The first-order valence-corrected chi connectivity index (χ1v) is 16.5. The summed E-state index contributed by atoms with van der Waals surface area (Å²) in [5, 5.41) is 2.39. The maximum absolute atomic E-state index is 5.08. The monoisotopic (exact) mass is 626 g/mol. The Balaban J connectivity index is 1.19. The van der Waals surface area contributed by atoms with E-state index >= 15 is 0 Å². The average molecular weight is 627 g/mol. The quantitative estimate of drug-likeness (QED) is 0.184.